The van der Waals surface area contributed by atoms with E-state index in [0.29, 0.717) is 23.2 Å². The lowest BCUT2D eigenvalue weighted by atomic mass is 9.81. The monoisotopic (exact) mass is 392 g/mol. The number of hydrogen-bond donors (Lipinski definition) is 0. The van der Waals surface area contributed by atoms with Crippen molar-refractivity contribution in [2.24, 2.45) is 35.5 Å². The molecule has 150 valence electrons. The van der Waals surface area contributed by atoms with Crippen molar-refractivity contribution in [2.75, 3.05) is 9.80 Å². The first kappa shape index (κ1) is 17.4. The minimum atomic E-state index is -0.187. The molecule has 6 atom stereocenters. The lowest BCUT2D eigenvalue weighted by Gasteiger charge is -2.19. The van der Waals surface area contributed by atoms with E-state index >= 15 is 0 Å². The van der Waals surface area contributed by atoms with Crippen LogP contribution in [0.15, 0.2) is 24.3 Å². The summed E-state index contributed by atoms with van der Waals surface area (Å²) in [6.07, 6.45) is 6.68. The Kier molecular flexibility index (Phi) is 3.59. The van der Waals surface area contributed by atoms with Crippen LogP contribution in [0, 0.1) is 35.5 Å². The third kappa shape index (κ3) is 2.23. The van der Waals surface area contributed by atoms with Crippen molar-refractivity contribution < 1.29 is 19.2 Å². The topological polar surface area (TPSA) is 74.8 Å². The second-order valence-electron chi connectivity index (χ2n) is 9.42. The number of rotatable bonds is 2. The highest BCUT2D eigenvalue weighted by Crippen LogP contribution is 2.56. The van der Waals surface area contributed by atoms with Gasteiger partial charge in [-0.15, -0.1) is 0 Å². The zero-order chi connectivity index (χ0) is 19.9. The van der Waals surface area contributed by atoms with Crippen LogP contribution in [0.1, 0.15) is 44.9 Å². The average molecular weight is 392 g/mol. The maximum absolute atomic E-state index is 13.0. The molecule has 0 N–H and O–H groups in total. The smallest absolute Gasteiger partial charge is 0.237 e. The minimum Gasteiger partial charge on any atom is -0.274 e. The number of benzene rings is 1. The zero-order valence-corrected chi connectivity index (χ0v) is 16.3. The molecule has 2 saturated heterocycles. The van der Waals surface area contributed by atoms with Crippen LogP contribution in [0.5, 0.6) is 0 Å². The van der Waals surface area contributed by atoms with Crippen molar-refractivity contribution in [1.29, 1.82) is 0 Å². The summed E-state index contributed by atoms with van der Waals surface area (Å²) in [6.45, 7) is 0. The highest BCUT2D eigenvalue weighted by atomic mass is 16.2. The summed E-state index contributed by atoms with van der Waals surface area (Å²) in [4.78, 5) is 54.2. The maximum atomic E-state index is 13.0. The predicted octanol–water partition coefficient (Wildman–Crippen LogP) is 2.90. The van der Waals surface area contributed by atoms with Crippen molar-refractivity contribution in [3.63, 3.8) is 0 Å². The summed E-state index contributed by atoms with van der Waals surface area (Å²) in [5.41, 5.74) is 1.09. The van der Waals surface area contributed by atoms with E-state index < -0.39 is 0 Å². The number of fused-ring (bicyclic) bond motifs is 6. The number of carbonyl (C=O) groups excluding carboxylic acids is 4. The summed E-state index contributed by atoms with van der Waals surface area (Å²) >= 11 is 0. The van der Waals surface area contributed by atoms with Crippen LogP contribution in [0.4, 0.5) is 11.4 Å². The first-order valence-electron chi connectivity index (χ1n) is 10.9. The van der Waals surface area contributed by atoms with Gasteiger partial charge in [0.1, 0.15) is 0 Å². The standard InChI is InChI=1S/C23H24N2O4/c26-20-16-3-1-2-4-17(16)21(27)24(20)14-7-9-15(10-8-14)25-22(28)18-12-5-6-13(11-12)19(18)23(25)29/h7-10,12-13,16-19H,1-6,11H2. The molecule has 2 heterocycles. The molecule has 5 aliphatic rings. The van der Waals surface area contributed by atoms with Crippen LogP contribution in [-0.4, -0.2) is 23.6 Å². The van der Waals surface area contributed by atoms with Gasteiger partial charge in [-0.3, -0.25) is 29.0 Å². The largest absolute Gasteiger partial charge is 0.274 e. The molecular weight excluding hydrogens is 368 g/mol. The molecule has 6 rings (SSSR count). The number of nitrogens with zero attached hydrogens (tertiary/aromatic N) is 2. The Morgan fingerprint density at radius 3 is 1.45 bits per heavy atom. The van der Waals surface area contributed by atoms with Crippen molar-refractivity contribution in [2.45, 2.75) is 44.9 Å². The first-order valence-corrected chi connectivity index (χ1v) is 10.9. The number of hydrogen-bond acceptors (Lipinski definition) is 4. The number of amides is 4. The minimum absolute atomic E-state index is 0.0701. The highest BCUT2D eigenvalue weighted by Gasteiger charge is 2.61. The van der Waals surface area contributed by atoms with Gasteiger partial charge in [-0.05, 0) is 68.2 Å². The molecule has 0 aromatic heterocycles. The van der Waals surface area contributed by atoms with Gasteiger partial charge in [-0.1, -0.05) is 12.8 Å². The summed E-state index contributed by atoms with van der Waals surface area (Å²) < 4.78 is 0. The van der Waals surface area contributed by atoms with Gasteiger partial charge >= 0.3 is 0 Å². The number of imide groups is 2. The average Bonchev–Trinajstić information content (AvgIpc) is 3.47. The van der Waals surface area contributed by atoms with Crippen LogP contribution in [0.3, 0.4) is 0 Å². The summed E-state index contributed by atoms with van der Waals surface area (Å²) in [5, 5.41) is 0. The van der Waals surface area contributed by atoms with E-state index in [1.54, 1.807) is 24.3 Å². The van der Waals surface area contributed by atoms with Crippen molar-refractivity contribution in [3.05, 3.63) is 24.3 Å². The van der Waals surface area contributed by atoms with E-state index in [4.69, 9.17) is 0 Å². The van der Waals surface area contributed by atoms with Crippen molar-refractivity contribution in [3.8, 4) is 0 Å². The third-order valence-electron chi connectivity index (χ3n) is 8.13. The Morgan fingerprint density at radius 2 is 1.00 bits per heavy atom. The van der Waals surface area contributed by atoms with Gasteiger partial charge in [-0.2, -0.15) is 0 Å². The number of anilines is 2. The van der Waals surface area contributed by atoms with E-state index in [1.807, 2.05) is 0 Å². The molecule has 6 unspecified atom stereocenters. The van der Waals surface area contributed by atoms with Crippen LogP contribution < -0.4 is 9.80 Å². The highest BCUT2D eigenvalue weighted by molar-refractivity contribution is 6.24. The van der Waals surface area contributed by atoms with Gasteiger partial charge < -0.3 is 0 Å². The predicted molar refractivity (Wildman–Crippen MR) is 105 cm³/mol. The maximum Gasteiger partial charge on any atom is 0.237 e. The molecule has 6 heteroatoms. The molecule has 0 radical (unpaired) electrons. The lowest BCUT2D eigenvalue weighted by molar-refractivity contribution is -0.124. The van der Waals surface area contributed by atoms with Gasteiger partial charge in [0, 0.05) is 0 Å². The summed E-state index contributed by atoms with van der Waals surface area (Å²) in [6, 6.07) is 6.81. The fourth-order valence-corrected chi connectivity index (χ4v) is 6.83. The molecule has 29 heavy (non-hydrogen) atoms. The molecule has 6 nitrogen and oxygen atoms in total. The van der Waals surface area contributed by atoms with Gasteiger partial charge in [0.15, 0.2) is 0 Å². The fourth-order valence-electron chi connectivity index (χ4n) is 6.83. The van der Waals surface area contributed by atoms with E-state index in [2.05, 4.69) is 0 Å². The molecule has 3 saturated carbocycles. The Bertz CT molecular complexity index is 887. The zero-order valence-electron chi connectivity index (χ0n) is 16.3. The van der Waals surface area contributed by atoms with Crippen LogP contribution >= 0.6 is 0 Å². The molecule has 0 spiro atoms. The molecular formula is C23H24N2O4. The SMILES string of the molecule is O=C1C2CCCCC2C(=O)N1c1ccc(N2C(=O)C3C4CCC(C4)C3C2=O)cc1. The first-order chi connectivity index (χ1) is 14.1. The third-order valence-corrected chi connectivity index (χ3v) is 8.13. The second-order valence-corrected chi connectivity index (χ2v) is 9.42. The fraction of sp³-hybridized carbons (Fsp3) is 0.565. The van der Waals surface area contributed by atoms with Gasteiger partial charge in [0.2, 0.25) is 23.6 Å². The lowest BCUT2D eigenvalue weighted by Crippen LogP contribution is -2.33. The van der Waals surface area contributed by atoms with E-state index in [-0.39, 0.29) is 47.3 Å². The summed E-state index contributed by atoms with van der Waals surface area (Å²) in [7, 11) is 0. The van der Waals surface area contributed by atoms with Gasteiger partial charge in [0.25, 0.3) is 0 Å². The van der Waals surface area contributed by atoms with E-state index in [0.717, 1.165) is 44.9 Å². The molecule has 2 aliphatic heterocycles. The van der Waals surface area contributed by atoms with Gasteiger partial charge in [-0.25, -0.2) is 0 Å². The molecule has 3 aliphatic carbocycles. The molecule has 1 aromatic rings. The Labute approximate surface area is 169 Å². The Morgan fingerprint density at radius 1 is 0.586 bits per heavy atom. The Hall–Kier alpha value is -2.50. The Balaban J connectivity index is 1.28. The molecule has 4 amide bonds. The summed E-state index contributed by atoms with van der Waals surface area (Å²) in [5.74, 6) is -0.309. The van der Waals surface area contributed by atoms with Crippen LogP contribution in [0.2, 0.25) is 0 Å². The van der Waals surface area contributed by atoms with Gasteiger partial charge in [0.05, 0.1) is 35.0 Å². The van der Waals surface area contributed by atoms with Crippen molar-refractivity contribution in [1.82, 2.24) is 0 Å². The molecule has 5 fully saturated rings. The van der Waals surface area contributed by atoms with Crippen LogP contribution in [0.25, 0.3) is 0 Å². The quantitative estimate of drug-likeness (QED) is 0.726. The van der Waals surface area contributed by atoms with Crippen molar-refractivity contribution >= 4 is 35.0 Å². The molecule has 1 aromatic carbocycles. The molecule has 2 bridgehead atoms. The van der Waals surface area contributed by atoms with Crippen LogP contribution in [-0.2, 0) is 19.2 Å². The number of carbonyl (C=O) groups is 4. The van der Waals surface area contributed by atoms with E-state index in [1.165, 1.54) is 9.80 Å². The van der Waals surface area contributed by atoms with E-state index in [9.17, 15) is 19.2 Å². The normalized spacial score (nSPS) is 38.2. The second kappa shape index (κ2) is 6.00.